The normalized spacial score (nSPS) is 20.8. The zero-order valence-corrected chi connectivity index (χ0v) is 16.4. The summed E-state index contributed by atoms with van der Waals surface area (Å²) in [6.45, 7) is 0.128. The number of hydrogen-bond donors (Lipinski definition) is 1. The molecule has 0 radical (unpaired) electrons. The van der Waals surface area contributed by atoms with Gasteiger partial charge in [0.1, 0.15) is 5.75 Å². The van der Waals surface area contributed by atoms with Crippen molar-refractivity contribution < 1.29 is 23.9 Å². The van der Waals surface area contributed by atoms with Gasteiger partial charge in [-0.1, -0.05) is 41.0 Å². The summed E-state index contributed by atoms with van der Waals surface area (Å²) < 4.78 is 16.6. The summed E-state index contributed by atoms with van der Waals surface area (Å²) in [4.78, 5) is 15.4. The minimum absolute atomic E-state index is 0.128. The predicted octanol–water partition coefficient (Wildman–Crippen LogP) is 4.31. The first-order valence-corrected chi connectivity index (χ1v) is 9.47. The molecule has 29 heavy (non-hydrogen) atoms. The molecule has 1 fully saturated rings. The van der Waals surface area contributed by atoms with E-state index in [1.165, 1.54) is 0 Å². The zero-order chi connectivity index (χ0) is 20.4. The second kappa shape index (κ2) is 7.85. The standard InChI is InChI=1S/C21H19ClN2O5/c1-27-21(10-14(11-21)20(25)26)15-5-7-17(8-6-15)28-12-18-23-19(24-29-18)13-3-2-4-16(22)9-13/h2-9,14H,10-12H2,1H3,(H,25,26). The van der Waals surface area contributed by atoms with Crippen LogP contribution in [0.25, 0.3) is 11.4 Å². The third kappa shape index (κ3) is 3.97. The van der Waals surface area contributed by atoms with Gasteiger partial charge in [0.25, 0.3) is 5.89 Å². The molecule has 0 saturated heterocycles. The monoisotopic (exact) mass is 414 g/mol. The van der Waals surface area contributed by atoms with E-state index in [2.05, 4.69) is 10.1 Å². The lowest BCUT2D eigenvalue weighted by molar-refractivity contribution is -0.164. The smallest absolute Gasteiger partial charge is 0.306 e. The Balaban J connectivity index is 1.38. The number of aliphatic carboxylic acids is 1. The highest BCUT2D eigenvalue weighted by Gasteiger charge is 2.49. The van der Waals surface area contributed by atoms with Crippen molar-refractivity contribution in [2.24, 2.45) is 5.92 Å². The van der Waals surface area contributed by atoms with E-state index in [-0.39, 0.29) is 12.5 Å². The summed E-state index contributed by atoms with van der Waals surface area (Å²) in [5.41, 5.74) is 1.16. The van der Waals surface area contributed by atoms with E-state index in [0.29, 0.717) is 35.3 Å². The van der Waals surface area contributed by atoms with Crippen LogP contribution >= 0.6 is 11.6 Å². The first-order valence-electron chi connectivity index (χ1n) is 9.09. The molecule has 0 bridgehead atoms. The minimum Gasteiger partial charge on any atom is -0.484 e. The molecule has 2 aromatic carbocycles. The van der Waals surface area contributed by atoms with E-state index < -0.39 is 11.6 Å². The van der Waals surface area contributed by atoms with Gasteiger partial charge in [0.05, 0.1) is 11.5 Å². The van der Waals surface area contributed by atoms with E-state index in [0.717, 1.165) is 11.1 Å². The molecule has 0 atom stereocenters. The Morgan fingerprint density at radius 1 is 1.28 bits per heavy atom. The summed E-state index contributed by atoms with van der Waals surface area (Å²) in [6, 6.07) is 14.6. The second-order valence-electron chi connectivity index (χ2n) is 6.98. The van der Waals surface area contributed by atoms with E-state index in [4.69, 9.17) is 30.7 Å². The lowest BCUT2D eigenvalue weighted by Gasteiger charge is -2.45. The molecule has 0 spiro atoms. The van der Waals surface area contributed by atoms with Crippen LogP contribution in [0.2, 0.25) is 5.02 Å². The highest BCUT2D eigenvalue weighted by atomic mass is 35.5. The Morgan fingerprint density at radius 2 is 2.03 bits per heavy atom. The molecule has 1 aliphatic rings. The molecule has 0 amide bonds. The number of halogens is 1. The lowest BCUT2D eigenvalue weighted by Crippen LogP contribution is -2.46. The number of carboxylic acids is 1. The third-order valence-corrected chi connectivity index (χ3v) is 5.42. The zero-order valence-electron chi connectivity index (χ0n) is 15.7. The summed E-state index contributed by atoms with van der Waals surface area (Å²) in [5, 5.41) is 13.7. The Bertz CT molecular complexity index is 1010. The predicted molar refractivity (Wildman–Crippen MR) is 105 cm³/mol. The van der Waals surface area contributed by atoms with Gasteiger partial charge in [0.2, 0.25) is 5.82 Å². The van der Waals surface area contributed by atoms with Crippen LogP contribution in [0.1, 0.15) is 24.3 Å². The molecule has 7 nitrogen and oxygen atoms in total. The van der Waals surface area contributed by atoms with Crippen LogP contribution in [0, 0.1) is 5.92 Å². The third-order valence-electron chi connectivity index (χ3n) is 5.19. The van der Waals surface area contributed by atoms with Crippen molar-refractivity contribution in [1.29, 1.82) is 0 Å². The molecule has 4 rings (SSSR count). The van der Waals surface area contributed by atoms with Crippen molar-refractivity contribution in [3.05, 3.63) is 65.0 Å². The summed E-state index contributed by atoms with van der Waals surface area (Å²) in [6.07, 6.45) is 0.931. The van der Waals surface area contributed by atoms with E-state index >= 15 is 0 Å². The lowest BCUT2D eigenvalue weighted by atomic mass is 9.67. The second-order valence-corrected chi connectivity index (χ2v) is 7.41. The summed E-state index contributed by atoms with van der Waals surface area (Å²) >= 11 is 5.99. The van der Waals surface area contributed by atoms with Crippen LogP contribution < -0.4 is 4.74 Å². The highest BCUT2D eigenvalue weighted by Crippen LogP contribution is 2.48. The molecule has 1 N–H and O–H groups in total. The van der Waals surface area contributed by atoms with Gasteiger partial charge in [0, 0.05) is 17.7 Å². The number of aromatic nitrogens is 2. The minimum atomic E-state index is -0.783. The fourth-order valence-corrected chi connectivity index (χ4v) is 3.68. The van der Waals surface area contributed by atoms with Crippen molar-refractivity contribution >= 4 is 17.6 Å². The van der Waals surface area contributed by atoms with Crippen molar-refractivity contribution in [3.63, 3.8) is 0 Å². The molecule has 3 aromatic rings. The van der Waals surface area contributed by atoms with Crippen molar-refractivity contribution in [2.45, 2.75) is 25.0 Å². The molecule has 1 saturated carbocycles. The van der Waals surface area contributed by atoms with Crippen LogP contribution in [0.4, 0.5) is 0 Å². The van der Waals surface area contributed by atoms with Gasteiger partial charge in [-0.25, -0.2) is 0 Å². The number of carboxylic acid groups (broad SMARTS) is 1. The fourth-order valence-electron chi connectivity index (χ4n) is 3.49. The summed E-state index contributed by atoms with van der Waals surface area (Å²) in [5.74, 6) is 0.283. The van der Waals surface area contributed by atoms with Gasteiger partial charge in [-0.15, -0.1) is 0 Å². The molecule has 1 aliphatic carbocycles. The number of ether oxygens (including phenoxy) is 2. The van der Waals surface area contributed by atoms with Gasteiger partial charge in [0.15, 0.2) is 6.61 Å². The number of hydrogen-bond acceptors (Lipinski definition) is 6. The molecule has 8 heteroatoms. The molecular weight excluding hydrogens is 396 g/mol. The first-order chi connectivity index (χ1) is 14.0. The van der Waals surface area contributed by atoms with Crippen LogP contribution in [0.3, 0.4) is 0 Å². The summed E-state index contributed by atoms with van der Waals surface area (Å²) in [7, 11) is 1.61. The van der Waals surface area contributed by atoms with Crippen molar-refractivity contribution in [1.82, 2.24) is 10.1 Å². The number of carbonyl (C=O) groups is 1. The Hall–Kier alpha value is -2.90. The number of benzene rings is 2. The average Bonchev–Trinajstić information content (AvgIpc) is 3.16. The number of rotatable bonds is 7. The highest BCUT2D eigenvalue weighted by molar-refractivity contribution is 6.30. The average molecular weight is 415 g/mol. The number of nitrogens with zero attached hydrogens (tertiary/aromatic N) is 2. The van der Waals surface area contributed by atoms with Gasteiger partial charge < -0.3 is 19.1 Å². The van der Waals surface area contributed by atoms with Gasteiger partial charge in [-0.3, -0.25) is 4.79 Å². The van der Waals surface area contributed by atoms with Crippen LogP contribution in [0.15, 0.2) is 53.1 Å². The largest absolute Gasteiger partial charge is 0.484 e. The van der Waals surface area contributed by atoms with Gasteiger partial charge in [-0.05, 0) is 42.7 Å². The molecule has 0 aliphatic heterocycles. The van der Waals surface area contributed by atoms with Crippen LogP contribution in [-0.2, 0) is 21.7 Å². The van der Waals surface area contributed by atoms with E-state index in [1.54, 1.807) is 19.2 Å². The molecule has 1 aromatic heterocycles. The molecule has 1 heterocycles. The Kier molecular flexibility index (Phi) is 5.25. The van der Waals surface area contributed by atoms with Crippen molar-refractivity contribution in [3.8, 4) is 17.1 Å². The van der Waals surface area contributed by atoms with Crippen LogP contribution in [0.5, 0.6) is 5.75 Å². The Labute approximate surface area is 172 Å². The SMILES string of the molecule is COC1(c2ccc(OCc3nc(-c4cccc(Cl)c4)no3)cc2)CC(C(=O)O)C1. The topological polar surface area (TPSA) is 94.7 Å². The van der Waals surface area contributed by atoms with Gasteiger partial charge in [-0.2, -0.15) is 4.98 Å². The Morgan fingerprint density at radius 3 is 2.69 bits per heavy atom. The maximum atomic E-state index is 11.1. The number of methoxy groups -OCH3 is 1. The quantitative estimate of drug-likeness (QED) is 0.615. The van der Waals surface area contributed by atoms with Crippen LogP contribution in [-0.4, -0.2) is 28.3 Å². The molecule has 150 valence electrons. The van der Waals surface area contributed by atoms with E-state index in [9.17, 15) is 4.79 Å². The maximum absolute atomic E-state index is 11.1. The molecule has 0 unspecified atom stereocenters. The van der Waals surface area contributed by atoms with Crippen molar-refractivity contribution in [2.75, 3.05) is 7.11 Å². The first kappa shape index (κ1) is 19.4. The maximum Gasteiger partial charge on any atom is 0.306 e. The molecular formula is C21H19ClN2O5. The van der Waals surface area contributed by atoms with E-state index in [1.807, 2.05) is 36.4 Å². The fraction of sp³-hybridized carbons (Fsp3) is 0.286. The van der Waals surface area contributed by atoms with Gasteiger partial charge >= 0.3 is 5.97 Å².